The van der Waals surface area contributed by atoms with Crippen LogP contribution in [0, 0.1) is 5.92 Å². The van der Waals surface area contributed by atoms with Crippen LogP contribution in [0.15, 0.2) is 0 Å². The van der Waals surface area contributed by atoms with Gasteiger partial charge in [-0.25, -0.2) is 0 Å². The highest BCUT2D eigenvalue weighted by Crippen LogP contribution is 2.24. The predicted molar refractivity (Wildman–Crippen MR) is 63.5 cm³/mol. The summed E-state index contributed by atoms with van der Waals surface area (Å²) in [5.41, 5.74) is 0. The summed E-state index contributed by atoms with van der Waals surface area (Å²) in [4.78, 5) is 0. The van der Waals surface area contributed by atoms with Crippen molar-refractivity contribution in [3.8, 4) is 0 Å². The molecule has 1 aliphatic rings. The molecule has 0 aromatic carbocycles. The van der Waals surface area contributed by atoms with Crippen LogP contribution in [-0.4, -0.2) is 51.2 Å². The second-order valence-corrected chi connectivity index (χ2v) is 4.39. The van der Waals surface area contributed by atoms with Gasteiger partial charge in [0, 0.05) is 39.5 Å². The van der Waals surface area contributed by atoms with Gasteiger partial charge in [-0.15, -0.1) is 0 Å². The zero-order valence-electron chi connectivity index (χ0n) is 10.3. The quantitative estimate of drug-likeness (QED) is 0.576. The summed E-state index contributed by atoms with van der Waals surface area (Å²) in [5, 5.41) is 12.6. The largest absolute Gasteiger partial charge is 0.396 e. The second-order valence-electron chi connectivity index (χ2n) is 4.39. The molecular formula is C12H25NO3. The first-order valence-electron chi connectivity index (χ1n) is 6.29. The van der Waals surface area contributed by atoms with Crippen LogP contribution in [0.1, 0.15) is 25.7 Å². The van der Waals surface area contributed by atoms with E-state index in [-0.39, 0.29) is 0 Å². The standard InChI is InChI=1S/C12H25NO3/c1-15-7-3-8-16-9-6-13-12-5-2-4-11(12)10-14/h11-14H,2-10H2,1H3. The predicted octanol–water partition coefficient (Wildman–Crippen LogP) is 0.790. The first-order chi connectivity index (χ1) is 7.88. The van der Waals surface area contributed by atoms with E-state index >= 15 is 0 Å². The third kappa shape index (κ3) is 5.25. The molecule has 0 bridgehead atoms. The van der Waals surface area contributed by atoms with Crippen molar-refractivity contribution in [2.45, 2.75) is 31.7 Å². The van der Waals surface area contributed by atoms with Crippen molar-refractivity contribution < 1.29 is 14.6 Å². The SMILES string of the molecule is COCCCOCCNC1CCCC1CO. The lowest BCUT2D eigenvalue weighted by Crippen LogP contribution is -2.36. The van der Waals surface area contributed by atoms with Gasteiger partial charge in [-0.05, 0) is 25.2 Å². The zero-order valence-corrected chi connectivity index (χ0v) is 10.3. The van der Waals surface area contributed by atoms with E-state index in [1.54, 1.807) is 7.11 Å². The summed E-state index contributed by atoms with van der Waals surface area (Å²) in [6, 6.07) is 0.493. The molecule has 2 N–H and O–H groups in total. The van der Waals surface area contributed by atoms with Crippen LogP contribution in [0.4, 0.5) is 0 Å². The van der Waals surface area contributed by atoms with Crippen LogP contribution in [0.25, 0.3) is 0 Å². The van der Waals surface area contributed by atoms with Gasteiger partial charge in [0.25, 0.3) is 0 Å². The summed E-state index contributed by atoms with van der Waals surface area (Å²) in [5.74, 6) is 0.452. The topological polar surface area (TPSA) is 50.7 Å². The van der Waals surface area contributed by atoms with Crippen molar-refractivity contribution in [2.24, 2.45) is 5.92 Å². The highest BCUT2D eigenvalue weighted by Gasteiger charge is 2.25. The minimum Gasteiger partial charge on any atom is -0.396 e. The monoisotopic (exact) mass is 231 g/mol. The fraction of sp³-hybridized carbons (Fsp3) is 1.00. The number of methoxy groups -OCH3 is 1. The lowest BCUT2D eigenvalue weighted by Gasteiger charge is -2.18. The fourth-order valence-electron chi connectivity index (χ4n) is 2.25. The first-order valence-corrected chi connectivity index (χ1v) is 6.29. The molecule has 0 aliphatic heterocycles. The molecule has 0 spiro atoms. The van der Waals surface area contributed by atoms with Gasteiger partial charge in [-0.1, -0.05) is 6.42 Å². The van der Waals surface area contributed by atoms with Crippen molar-refractivity contribution in [1.29, 1.82) is 0 Å². The average molecular weight is 231 g/mol. The Labute approximate surface area is 98.3 Å². The van der Waals surface area contributed by atoms with Crippen LogP contribution < -0.4 is 5.32 Å². The van der Waals surface area contributed by atoms with Crippen LogP contribution in [0.5, 0.6) is 0 Å². The van der Waals surface area contributed by atoms with Crippen molar-refractivity contribution >= 4 is 0 Å². The Morgan fingerprint density at radius 1 is 1.25 bits per heavy atom. The Morgan fingerprint density at radius 2 is 2.12 bits per heavy atom. The number of hydrogen-bond acceptors (Lipinski definition) is 4. The Bertz CT molecular complexity index is 166. The molecule has 0 radical (unpaired) electrons. The number of nitrogens with one attached hydrogen (secondary N) is 1. The lowest BCUT2D eigenvalue weighted by molar-refractivity contribution is 0.101. The maximum absolute atomic E-state index is 9.15. The van der Waals surface area contributed by atoms with Gasteiger partial charge in [0.15, 0.2) is 0 Å². The fourth-order valence-corrected chi connectivity index (χ4v) is 2.25. The van der Waals surface area contributed by atoms with Crippen LogP contribution in [0.2, 0.25) is 0 Å². The summed E-state index contributed by atoms with van der Waals surface area (Å²) >= 11 is 0. The van der Waals surface area contributed by atoms with E-state index in [9.17, 15) is 0 Å². The van der Waals surface area contributed by atoms with Gasteiger partial charge >= 0.3 is 0 Å². The van der Waals surface area contributed by atoms with Crippen LogP contribution in [-0.2, 0) is 9.47 Å². The van der Waals surface area contributed by atoms with E-state index in [2.05, 4.69) is 5.32 Å². The van der Waals surface area contributed by atoms with Gasteiger partial charge < -0.3 is 19.9 Å². The van der Waals surface area contributed by atoms with Gasteiger partial charge in [0.1, 0.15) is 0 Å². The molecule has 0 heterocycles. The Balaban J connectivity index is 1.90. The Morgan fingerprint density at radius 3 is 2.88 bits per heavy atom. The minimum atomic E-state index is 0.312. The third-order valence-electron chi connectivity index (χ3n) is 3.18. The van der Waals surface area contributed by atoms with Crippen LogP contribution in [0.3, 0.4) is 0 Å². The molecule has 16 heavy (non-hydrogen) atoms. The molecule has 0 aromatic rings. The van der Waals surface area contributed by atoms with Crippen LogP contribution >= 0.6 is 0 Å². The summed E-state index contributed by atoms with van der Waals surface area (Å²) in [6.45, 7) is 3.48. The van der Waals surface area contributed by atoms with E-state index < -0.39 is 0 Å². The molecule has 1 rings (SSSR count). The number of aliphatic hydroxyl groups is 1. The lowest BCUT2D eigenvalue weighted by atomic mass is 10.1. The normalized spacial score (nSPS) is 25.1. The number of aliphatic hydroxyl groups excluding tert-OH is 1. The molecule has 2 atom stereocenters. The summed E-state index contributed by atoms with van der Waals surface area (Å²) in [7, 11) is 1.71. The average Bonchev–Trinajstić information content (AvgIpc) is 2.75. The molecule has 0 aromatic heterocycles. The molecule has 96 valence electrons. The maximum Gasteiger partial charge on any atom is 0.0591 e. The van der Waals surface area contributed by atoms with Crippen molar-refractivity contribution in [2.75, 3.05) is 40.1 Å². The van der Waals surface area contributed by atoms with Crippen molar-refractivity contribution in [3.05, 3.63) is 0 Å². The number of rotatable bonds is 9. The smallest absolute Gasteiger partial charge is 0.0591 e. The van der Waals surface area contributed by atoms with Gasteiger partial charge in [0.2, 0.25) is 0 Å². The van der Waals surface area contributed by atoms with E-state index in [0.29, 0.717) is 18.6 Å². The Kier molecular flexibility index (Phi) is 7.76. The first kappa shape index (κ1) is 13.9. The molecule has 1 fully saturated rings. The van der Waals surface area contributed by atoms with E-state index in [0.717, 1.165) is 39.2 Å². The molecule has 0 amide bonds. The highest BCUT2D eigenvalue weighted by molar-refractivity contribution is 4.82. The van der Waals surface area contributed by atoms with E-state index in [4.69, 9.17) is 14.6 Å². The maximum atomic E-state index is 9.15. The molecule has 1 aliphatic carbocycles. The number of hydrogen-bond donors (Lipinski definition) is 2. The van der Waals surface area contributed by atoms with E-state index in [1.165, 1.54) is 12.8 Å². The molecule has 1 saturated carbocycles. The van der Waals surface area contributed by atoms with Crippen molar-refractivity contribution in [3.63, 3.8) is 0 Å². The van der Waals surface area contributed by atoms with Crippen molar-refractivity contribution in [1.82, 2.24) is 5.32 Å². The second kappa shape index (κ2) is 8.93. The van der Waals surface area contributed by atoms with Gasteiger partial charge in [-0.2, -0.15) is 0 Å². The molecule has 4 heteroatoms. The summed E-state index contributed by atoms with van der Waals surface area (Å²) in [6.07, 6.45) is 4.54. The van der Waals surface area contributed by atoms with Gasteiger partial charge in [-0.3, -0.25) is 0 Å². The van der Waals surface area contributed by atoms with Gasteiger partial charge in [0.05, 0.1) is 6.61 Å². The number of ether oxygens (including phenoxy) is 2. The summed E-state index contributed by atoms with van der Waals surface area (Å²) < 4.78 is 10.4. The molecule has 4 nitrogen and oxygen atoms in total. The minimum absolute atomic E-state index is 0.312. The van der Waals surface area contributed by atoms with E-state index in [1.807, 2.05) is 0 Å². The zero-order chi connectivity index (χ0) is 11.6. The highest BCUT2D eigenvalue weighted by atomic mass is 16.5. The third-order valence-corrected chi connectivity index (χ3v) is 3.18. The Hall–Kier alpha value is -0.160. The molecule has 0 saturated heterocycles. The molecular weight excluding hydrogens is 206 g/mol. The molecule has 2 unspecified atom stereocenters.